The fourth-order valence-electron chi connectivity index (χ4n) is 2.24. The van der Waals surface area contributed by atoms with Crippen LogP contribution in [0.25, 0.3) is 0 Å². The van der Waals surface area contributed by atoms with Crippen LogP contribution in [0.5, 0.6) is 0 Å². The van der Waals surface area contributed by atoms with E-state index in [-0.39, 0.29) is 0 Å². The summed E-state index contributed by atoms with van der Waals surface area (Å²) in [6.07, 6.45) is 1.90. The molecule has 2 aromatic rings. The second-order valence-electron chi connectivity index (χ2n) is 4.68. The topological polar surface area (TPSA) is 42.2 Å². The van der Waals surface area contributed by atoms with E-state index in [1.165, 1.54) is 4.90 Å². The van der Waals surface area contributed by atoms with Gasteiger partial charge in [-0.25, -0.2) is 0 Å². The summed E-state index contributed by atoms with van der Waals surface area (Å²) in [5.74, 6) is 2.48. The van der Waals surface area contributed by atoms with Crippen LogP contribution in [-0.2, 0) is 13.0 Å². The zero-order chi connectivity index (χ0) is 13.9. The SMILES string of the molecule is CCc1nnc(CN2CCCSc3ccc(Cl)cc32)o1. The fraction of sp³-hybridized carbons (Fsp3) is 0.429. The van der Waals surface area contributed by atoms with Crippen LogP contribution in [0.2, 0.25) is 5.02 Å². The van der Waals surface area contributed by atoms with Crippen LogP contribution in [0, 0.1) is 0 Å². The van der Waals surface area contributed by atoms with Crippen LogP contribution < -0.4 is 4.90 Å². The molecule has 1 aliphatic rings. The minimum Gasteiger partial charge on any atom is -0.423 e. The van der Waals surface area contributed by atoms with Gasteiger partial charge in [-0.05, 0) is 30.4 Å². The molecule has 0 saturated carbocycles. The Morgan fingerprint density at radius 1 is 1.35 bits per heavy atom. The monoisotopic (exact) mass is 309 g/mol. The Labute approximate surface area is 127 Å². The van der Waals surface area contributed by atoms with Crippen molar-refractivity contribution in [1.29, 1.82) is 0 Å². The van der Waals surface area contributed by atoms with Gasteiger partial charge < -0.3 is 9.32 Å². The number of aromatic nitrogens is 2. The van der Waals surface area contributed by atoms with Crippen molar-refractivity contribution in [3.8, 4) is 0 Å². The van der Waals surface area contributed by atoms with Gasteiger partial charge in [0.15, 0.2) is 0 Å². The van der Waals surface area contributed by atoms with E-state index in [4.69, 9.17) is 16.0 Å². The number of halogens is 1. The van der Waals surface area contributed by atoms with Crippen LogP contribution >= 0.6 is 23.4 Å². The van der Waals surface area contributed by atoms with Crippen molar-refractivity contribution in [2.24, 2.45) is 0 Å². The molecular weight excluding hydrogens is 294 g/mol. The number of thioether (sulfide) groups is 1. The second-order valence-corrected chi connectivity index (χ2v) is 6.25. The van der Waals surface area contributed by atoms with E-state index in [9.17, 15) is 0 Å². The molecule has 0 atom stereocenters. The third-order valence-electron chi connectivity index (χ3n) is 3.23. The number of rotatable bonds is 3. The molecule has 0 aliphatic carbocycles. The minimum absolute atomic E-state index is 0.640. The van der Waals surface area contributed by atoms with Gasteiger partial charge in [0.1, 0.15) is 0 Å². The van der Waals surface area contributed by atoms with Crippen molar-refractivity contribution in [2.45, 2.75) is 31.2 Å². The lowest BCUT2D eigenvalue weighted by Crippen LogP contribution is -2.23. The number of hydrogen-bond donors (Lipinski definition) is 0. The van der Waals surface area contributed by atoms with Gasteiger partial charge in [-0.2, -0.15) is 0 Å². The molecule has 1 aromatic heterocycles. The Kier molecular flexibility index (Phi) is 4.17. The summed E-state index contributed by atoms with van der Waals surface area (Å²) in [7, 11) is 0. The highest BCUT2D eigenvalue weighted by atomic mass is 35.5. The first kappa shape index (κ1) is 13.8. The van der Waals surface area contributed by atoms with Crippen molar-refractivity contribution < 1.29 is 4.42 Å². The number of hydrogen-bond acceptors (Lipinski definition) is 5. The molecule has 2 heterocycles. The summed E-state index contributed by atoms with van der Waals surface area (Å²) < 4.78 is 5.62. The lowest BCUT2D eigenvalue weighted by molar-refractivity contribution is 0.449. The van der Waals surface area contributed by atoms with E-state index in [0.717, 1.165) is 35.8 Å². The number of benzene rings is 1. The van der Waals surface area contributed by atoms with Gasteiger partial charge in [-0.15, -0.1) is 22.0 Å². The summed E-state index contributed by atoms with van der Waals surface area (Å²) in [6.45, 7) is 3.63. The summed E-state index contributed by atoms with van der Waals surface area (Å²) in [5.41, 5.74) is 1.16. The van der Waals surface area contributed by atoms with Crippen LogP contribution in [0.4, 0.5) is 5.69 Å². The van der Waals surface area contributed by atoms with Gasteiger partial charge >= 0.3 is 0 Å². The number of nitrogens with zero attached hydrogens (tertiary/aromatic N) is 3. The smallest absolute Gasteiger partial charge is 0.235 e. The summed E-state index contributed by atoms with van der Waals surface area (Å²) in [6, 6.07) is 6.05. The summed E-state index contributed by atoms with van der Waals surface area (Å²) in [5, 5.41) is 8.89. The Morgan fingerprint density at radius 2 is 2.20 bits per heavy atom. The van der Waals surface area contributed by atoms with E-state index >= 15 is 0 Å². The summed E-state index contributed by atoms with van der Waals surface area (Å²) >= 11 is 8.01. The molecule has 6 heteroatoms. The number of anilines is 1. The molecule has 3 rings (SSSR count). The lowest BCUT2D eigenvalue weighted by atomic mass is 10.2. The van der Waals surface area contributed by atoms with Crippen LogP contribution in [-0.4, -0.2) is 22.5 Å². The molecular formula is C14H16ClN3OS. The fourth-order valence-corrected chi connectivity index (χ4v) is 3.40. The van der Waals surface area contributed by atoms with Crippen LogP contribution in [0.15, 0.2) is 27.5 Å². The van der Waals surface area contributed by atoms with E-state index in [1.54, 1.807) is 0 Å². The number of fused-ring (bicyclic) bond motifs is 1. The first-order chi connectivity index (χ1) is 9.76. The maximum absolute atomic E-state index is 6.14. The van der Waals surface area contributed by atoms with Gasteiger partial charge in [0, 0.05) is 22.9 Å². The zero-order valence-electron chi connectivity index (χ0n) is 11.3. The van der Waals surface area contributed by atoms with Crippen LogP contribution in [0.1, 0.15) is 25.1 Å². The molecule has 0 N–H and O–H groups in total. The molecule has 1 aromatic carbocycles. The van der Waals surface area contributed by atoms with Gasteiger partial charge in [-0.3, -0.25) is 0 Å². The molecule has 0 radical (unpaired) electrons. The molecule has 0 unspecified atom stereocenters. The molecule has 0 spiro atoms. The molecule has 20 heavy (non-hydrogen) atoms. The van der Waals surface area contributed by atoms with E-state index in [0.29, 0.717) is 18.3 Å². The van der Waals surface area contributed by atoms with Gasteiger partial charge in [0.05, 0.1) is 12.2 Å². The summed E-state index contributed by atoms with van der Waals surface area (Å²) in [4.78, 5) is 3.54. The zero-order valence-corrected chi connectivity index (χ0v) is 12.9. The highest BCUT2D eigenvalue weighted by Crippen LogP contribution is 2.36. The average molecular weight is 310 g/mol. The van der Waals surface area contributed by atoms with Crippen molar-refractivity contribution in [2.75, 3.05) is 17.2 Å². The van der Waals surface area contributed by atoms with E-state index in [2.05, 4.69) is 21.2 Å². The van der Waals surface area contributed by atoms with Crippen molar-refractivity contribution >= 4 is 29.1 Å². The maximum Gasteiger partial charge on any atom is 0.235 e. The lowest BCUT2D eigenvalue weighted by Gasteiger charge is -2.22. The highest BCUT2D eigenvalue weighted by molar-refractivity contribution is 7.99. The molecule has 0 bridgehead atoms. The van der Waals surface area contributed by atoms with Crippen molar-refractivity contribution in [1.82, 2.24) is 10.2 Å². The molecule has 0 amide bonds. The quantitative estimate of drug-likeness (QED) is 0.863. The largest absolute Gasteiger partial charge is 0.423 e. The first-order valence-corrected chi connectivity index (χ1v) is 8.11. The van der Waals surface area contributed by atoms with E-state index in [1.807, 2.05) is 30.8 Å². The molecule has 1 aliphatic heterocycles. The van der Waals surface area contributed by atoms with Gasteiger partial charge in [0.25, 0.3) is 0 Å². The predicted molar refractivity (Wildman–Crippen MR) is 81.5 cm³/mol. The van der Waals surface area contributed by atoms with Crippen molar-refractivity contribution in [3.63, 3.8) is 0 Å². The number of aryl methyl sites for hydroxylation is 1. The Hall–Kier alpha value is -1.20. The van der Waals surface area contributed by atoms with Gasteiger partial charge in [-0.1, -0.05) is 18.5 Å². The molecule has 4 nitrogen and oxygen atoms in total. The molecule has 0 fully saturated rings. The Bertz CT molecular complexity index is 602. The minimum atomic E-state index is 0.640. The third kappa shape index (κ3) is 2.94. The van der Waals surface area contributed by atoms with Crippen LogP contribution in [0.3, 0.4) is 0 Å². The molecule has 0 saturated heterocycles. The Balaban J connectivity index is 1.87. The predicted octanol–water partition coefficient (Wildman–Crippen LogP) is 3.79. The normalized spacial score (nSPS) is 15.0. The second kappa shape index (κ2) is 6.06. The standard InChI is InChI=1S/C14H16ClN3OS/c1-2-13-16-17-14(19-13)9-18-6-3-7-20-12-5-4-10(15)8-11(12)18/h4-5,8H,2-3,6-7,9H2,1H3. The third-order valence-corrected chi connectivity index (χ3v) is 4.61. The average Bonchev–Trinajstić information content (AvgIpc) is 2.82. The first-order valence-electron chi connectivity index (χ1n) is 6.75. The van der Waals surface area contributed by atoms with Crippen molar-refractivity contribution in [3.05, 3.63) is 35.0 Å². The van der Waals surface area contributed by atoms with E-state index < -0.39 is 0 Å². The highest BCUT2D eigenvalue weighted by Gasteiger charge is 2.18. The maximum atomic E-state index is 6.14. The van der Waals surface area contributed by atoms with Gasteiger partial charge in [0.2, 0.25) is 11.8 Å². The Morgan fingerprint density at radius 3 is 3.00 bits per heavy atom. The molecule has 106 valence electrons.